The van der Waals surface area contributed by atoms with E-state index in [0.717, 1.165) is 23.9 Å². The Morgan fingerprint density at radius 2 is 2.33 bits per heavy atom. The average Bonchev–Trinajstić information content (AvgIpc) is 2.50. The van der Waals surface area contributed by atoms with Crippen molar-refractivity contribution in [3.63, 3.8) is 0 Å². The van der Waals surface area contributed by atoms with E-state index in [2.05, 4.69) is 26.2 Å². The number of halogens is 1. The van der Waals surface area contributed by atoms with E-state index in [9.17, 15) is 9.59 Å². The standard InChI is InChI=1S/C14H18BrN3O2S/c1-21-9-13(19)18-6-2-3-10(8-18)14(20)17-12-5-4-11(15)7-16-12/h4-5,7,10H,2-3,6,8-9H2,1H3,(H,16,17,20)/t10-/m0/s1. The number of amides is 2. The van der Waals surface area contributed by atoms with Crippen molar-refractivity contribution < 1.29 is 9.59 Å². The van der Waals surface area contributed by atoms with Gasteiger partial charge in [-0.15, -0.1) is 0 Å². The molecule has 0 unspecified atom stereocenters. The van der Waals surface area contributed by atoms with Crippen molar-refractivity contribution in [2.24, 2.45) is 5.92 Å². The van der Waals surface area contributed by atoms with Gasteiger partial charge in [0.05, 0.1) is 11.7 Å². The first kappa shape index (κ1) is 16.3. The third kappa shape index (κ3) is 4.71. The van der Waals surface area contributed by atoms with Gasteiger partial charge in [-0.1, -0.05) is 0 Å². The van der Waals surface area contributed by atoms with Gasteiger partial charge in [0.1, 0.15) is 5.82 Å². The van der Waals surface area contributed by atoms with Gasteiger partial charge in [0.25, 0.3) is 0 Å². The molecule has 2 amide bonds. The summed E-state index contributed by atoms with van der Waals surface area (Å²) in [5, 5.41) is 2.82. The van der Waals surface area contributed by atoms with Crippen molar-refractivity contribution in [3.05, 3.63) is 22.8 Å². The SMILES string of the molecule is CSCC(=O)N1CCC[C@H](C(=O)Nc2ccc(Br)cn2)C1. The Balaban J connectivity index is 1.92. The zero-order chi connectivity index (χ0) is 15.2. The summed E-state index contributed by atoms with van der Waals surface area (Å²) in [4.78, 5) is 30.1. The largest absolute Gasteiger partial charge is 0.341 e. The van der Waals surface area contributed by atoms with Crippen LogP contribution < -0.4 is 5.32 Å². The summed E-state index contributed by atoms with van der Waals surface area (Å²) < 4.78 is 0.868. The highest BCUT2D eigenvalue weighted by Crippen LogP contribution is 2.19. The lowest BCUT2D eigenvalue weighted by Gasteiger charge is -2.31. The van der Waals surface area contributed by atoms with Gasteiger partial charge in [-0.2, -0.15) is 11.8 Å². The molecule has 0 bridgehead atoms. The van der Waals surface area contributed by atoms with Crippen LogP contribution >= 0.6 is 27.7 Å². The number of hydrogen-bond donors (Lipinski definition) is 1. The molecular weight excluding hydrogens is 354 g/mol. The topological polar surface area (TPSA) is 62.3 Å². The second-order valence-corrected chi connectivity index (χ2v) is 6.74. The van der Waals surface area contributed by atoms with E-state index in [1.54, 1.807) is 17.2 Å². The van der Waals surface area contributed by atoms with Crippen LogP contribution in [0.2, 0.25) is 0 Å². The first-order valence-corrected chi connectivity index (χ1v) is 8.98. The van der Waals surface area contributed by atoms with Crippen LogP contribution in [0.3, 0.4) is 0 Å². The Hall–Kier alpha value is -1.08. The molecule has 21 heavy (non-hydrogen) atoms. The maximum atomic E-state index is 12.3. The van der Waals surface area contributed by atoms with Crippen LogP contribution in [0.1, 0.15) is 12.8 Å². The normalized spacial score (nSPS) is 18.4. The van der Waals surface area contributed by atoms with Crippen LogP contribution in [0.4, 0.5) is 5.82 Å². The molecule has 0 spiro atoms. The minimum Gasteiger partial charge on any atom is -0.341 e. The number of thioether (sulfide) groups is 1. The molecule has 1 aliphatic heterocycles. The van der Waals surface area contributed by atoms with Gasteiger partial charge in [-0.3, -0.25) is 9.59 Å². The highest BCUT2D eigenvalue weighted by atomic mass is 79.9. The number of nitrogens with one attached hydrogen (secondary N) is 1. The number of carbonyl (C=O) groups is 2. The Morgan fingerprint density at radius 1 is 1.52 bits per heavy atom. The molecule has 1 atom stereocenters. The quantitative estimate of drug-likeness (QED) is 0.882. The van der Waals surface area contributed by atoms with Gasteiger partial charge in [-0.05, 0) is 47.2 Å². The molecule has 114 valence electrons. The first-order chi connectivity index (χ1) is 10.1. The molecule has 7 heteroatoms. The lowest BCUT2D eigenvalue weighted by molar-refractivity contribution is -0.132. The molecular formula is C14H18BrN3O2S. The molecule has 0 aromatic carbocycles. The molecule has 1 aromatic heterocycles. The molecule has 2 heterocycles. The summed E-state index contributed by atoms with van der Waals surface area (Å²) in [6.45, 7) is 1.25. The second kappa shape index (κ2) is 7.79. The summed E-state index contributed by atoms with van der Waals surface area (Å²) >= 11 is 4.82. The van der Waals surface area contributed by atoms with Crippen LogP contribution in [-0.4, -0.2) is 46.8 Å². The van der Waals surface area contributed by atoms with E-state index in [-0.39, 0.29) is 17.7 Å². The van der Waals surface area contributed by atoms with Crippen molar-refractivity contribution in [3.8, 4) is 0 Å². The zero-order valence-electron chi connectivity index (χ0n) is 11.8. The Kier molecular flexibility index (Phi) is 6.05. The second-order valence-electron chi connectivity index (χ2n) is 4.96. The fourth-order valence-corrected chi connectivity index (χ4v) is 2.97. The van der Waals surface area contributed by atoms with Gasteiger partial charge >= 0.3 is 0 Å². The molecule has 5 nitrogen and oxygen atoms in total. The predicted molar refractivity (Wildman–Crippen MR) is 88.3 cm³/mol. The molecule has 1 N–H and O–H groups in total. The molecule has 1 aromatic rings. The third-order valence-corrected chi connectivity index (χ3v) is 4.40. The van der Waals surface area contributed by atoms with Crippen LogP contribution in [0, 0.1) is 5.92 Å². The van der Waals surface area contributed by atoms with Crippen molar-refractivity contribution in [1.29, 1.82) is 0 Å². The lowest BCUT2D eigenvalue weighted by Crippen LogP contribution is -2.44. The molecule has 0 aliphatic carbocycles. The Labute approximate surface area is 137 Å². The number of nitrogens with zero attached hydrogens (tertiary/aromatic N) is 2. The van der Waals surface area contributed by atoms with E-state index in [0.29, 0.717) is 18.1 Å². The van der Waals surface area contributed by atoms with Crippen LogP contribution in [0.15, 0.2) is 22.8 Å². The van der Waals surface area contributed by atoms with Gasteiger partial charge in [0, 0.05) is 23.8 Å². The van der Waals surface area contributed by atoms with E-state index >= 15 is 0 Å². The van der Waals surface area contributed by atoms with Crippen molar-refractivity contribution >= 4 is 45.3 Å². The van der Waals surface area contributed by atoms with Crippen LogP contribution in [0.5, 0.6) is 0 Å². The minimum atomic E-state index is -0.157. The lowest BCUT2D eigenvalue weighted by atomic mass is 9.97. The van der Waals surface area contributed by atoms with E-state index in [1.165, 1.54) is 11.8 Å². The maximum Gasteiger partial charge on any atom is 0.232 e. The molecule has 1 aliphatic rings. The number of carbonyl (C=O) groups excluding carboxylic acids is 2. The predicted octanol–water partition coefficient (Wildman–Crippen LogP) is 2.38. The summed E-state index contributed by atoms with van der Waals surface area (Å²) in [6.07, 6.45) is 5.23. The summed E-state index contributed by atoms with van der Waals surface area (Å²) in [7, 11) is 0. The van der Waals surface area contributed by atoms with Gasteiger partial charge in [0.2, 0.25) is 11.8 Å². The maximum absolute atomic E-state index is 12.3. The number of pyridine rings is 1. The minimum absolute atomic E-state index is 0.0635. The highest BCUT2D eigenvalue weighted by Gasteiger charge is 2.28. The van der Waals surface area contributed by atoms with E-state index < -0.39 is 0 Å². The number of hydrogen-bond acceptors (Lipinski definition) is 4. The van der Waals surface area contributed by atoms with Crippen molar-refractivity contribution in [2.75, 3.05) is 30.4 Å². The van der Waals surface area contributed by atoms with Crippen molar-refractivity contribution in [1.82, 2.24) is 9.88 Å². The molecule has 0 radical (unpaired) electrons. The number of rotatable bonds is 4. The fraction of sp³-hybridized carbons (Fsp3) is 0.500. The Bertz CT molecular complexity index is 509. The zero-order valence-corrected chi connectivity index (χ0v) is 14.2. The van der Waals surface area contributed by atoms with E-state index in [1.807, 2.05) is 12.3 Å². The molecule has 0 saturated carbocycles. The Morgan fingerprint density at radius 3 is 3.00 bits per heavy atom. The number of likely N-dealkylation sites (tertiary alicyclic amines) is 1. The molecule has 1 fully saturated rings. The van der Waals surface area contributed by atoms with Crippen LogP contribution in [0.25, 0.3) is 0 Å². The monoisotopic (exact) mass is 371 g/mol. The average molecular weight is 372 g/mol. The van der Waals surface area contributed by atoms with Gasteiger partial charge in [-0.25, -0.2) is 4.98 Å². The molecule has 2 rings (SSSR count). The molecule has 1 saturated heterocycles. The van der Waals surface area contributed by atoms with Gasteiger partial charge in [0.15, 0.2) is 0 Å². The van der Waals surface area contributed by atoms with Crippen LogP contribution in [-0.2, 0) is 9.59 Å². The number of piperidine rings is 1. The number of aromatic nitrogens is 1. The van der Waals surface area contributed by atoms with E-state index in [4.69, 9.17) is 0 Å². The van der Waals surface area contributed by atoms with Crippen molar-refractivity contribution in [2.45, 2.75) is 12.8 Å². The smallest absolute Gasteiger partial charge is 0.232 e. The summed E-state index contributed by atoms with van der Waals surface area (Å²) in [5.41, 5.74) is 0. The number of anilines is 1. The fourth-order valence-electron chi connectivity index (χ4n) is 2.31. The highest BCUT2D eigenvalue weighted by molar-refractivity contribution is 9.10. The summed E-state index contributed by atoms with van der Waals surface area (Å²) in [6, 6.07) is 3.58. The summed E-state index contributed by atoms with van der Waals surface area (Å²) in [5.74, 6) is 0.904. The third-order valence-electron chi connectivity index (χ3n) is 3.39. The first-order valence-electron chi connectivity index (χ1n) is 6.79. The van der Waals surface area contributed by atoms with Gasteiger partial charge < -0.3 is 10.2 Å².